The highest BCUT2D eigenvalue weighted by molar-refractivity contribution is 5.81. The van der Waals surface area contributed by atoms with Crippen LogP contribution in [0.1, 0.15) is 12.8 Å². The van der Waals surface area contributed by atoms with Gasteiger partial charge in [-0.3, -0.25) is 4.79 Å². The molecule has 0 aliphatic carbocycles. The Morgan fingerprint density at radius 1 is 1.44 bits per heavy atom. The third-order valence-corrected chi connectivity index (χ3v) is 2.24. The number of nitrogens with two attached hydrogens (primary N) is 1. The standard InChI is InChI=1S/C10H9N5O/c11-2-1-9(7(4-12)5-13)15-6-8(14)3-10(15)16/h8H,1,3,6,14H2. The fourth-order valence-corrected chi connectivity index (χ4v) is 1.54. The molecule has 80 valence electrons. The number of likely N-dealkylation sites (tertiary alicyclic amines) is 1. The maximum Gasteiger partial charge on any atom is 0.228 e. The molecule has 0 aromatic heterocycles. The minimum absolute atomic E-state index is 0.144. The van der Waals surface area contributed by atoms with Crippen molar-refractivity contribution in [2.45, 2.75) is 18.9 Å². The Morgan fingerprint density at radius 2 is 2.06 bits per heavy atom. The summed E-state index contributed by atoms with van der Waals surface area (Å²) >= 11 is 0. The van der Waals surface area contributed by atoms with Gasteiger partial charge in [-0.05, 0) is 0 Å². The normalized spacial score (nSPS) is 18.5. The van der Waals surface area contributed by atoms with Gasteiger partial charge in [-0.15, -0.1) is 0 Å². The Kier molecular flexibility index (Phi) is 3.61. The first-order valence-electron chi connectivity index (χ1n) is 4.60. The number of hydrogen-bond acceptors (Lipinski definition) is 5. The largest absolute Gasteiger partial charge is 0.326 e. The number of nitrogens with zero attached hydrogens (tertiary/aromatic N) is 4. The first kappa shape index (κ1) is 11.7. The van der Waals surface area contributed by atoms with Crippen molar-refractivity contribution in [2.24, 2.45) is 5.73 Å². The van der Waals surface area contributed by atoms with Crippen LogP contribution in [0.2, 0.25) is 0 Å². The summed E-state index contributed by atoms with van der Waals surface area (Å²) < 4.78 is 0. The SMILES string of the molecule is N#CCC(=C(C#N)C#N)N1CC(N)CC1=O. The van der Waals surface area contributed by atoms with Crippen LogP contribution in [0, 0.1) is 34.0 Å². The van der Waals surface area contributed by atoms with E-state index in [1.54, 1.807) is 12.1 Å². The lowest BCUT2D eigenvalue weighted by atomic mass is 10.2. The molecule has 1 aliphatic heterocycles. The molecular weight excluding hydrogens is 206 g/mol. The van der Waals surface area contributed by atoms with Crippen LogP contribution in [0.3, 0.4) is 0 Å². The minimum Gasteiger partial charge on any atom is -0.326 e. The number of carbonyl (C=O) groups is 1. The maximum absolute atomic E-state index is 11.5. The molecule has 1 saturated heterocycles. The third-order valence-electron chi connectivity index (χ3n) is 2.24. The maximum atomic E-state index is 11.5. The number of carbonyl (C=O) groups excluding carboxylic acids is 1. The van der Waals surface area contributed by atoms with Gasteiger partial charge in [-0.1, -0.05) is 0 Å². The molecule has 1 amide bonds. The Bertz CT molecular complexity index is 443. The molecule has 6 heteroatoms. The molecule has 2 N–H and O–H groups in total. The Morgan fingerprint density at radius 3 is 2.44 bits per heavy atom. The predicted molar refractivity (Wildman–Crippen MR) is 52.8 cm³/mol. The molecule has 1 heterocycles. The average Bonchev–Trinajstić information content (AvgIpc) is 2.58. The predicted octanol–water partition coefficient (Wildman–Crippen LogP) is -0.239. The van der Waals surface area contributed by atoms with Crippen LogP contribution in [0.4, 0.5) is 0 Å². The highest BCUT2D eigenvalue weighted by Crippen LogP contribution is 2.20. The van der Waals surface area contributed by atoms with Crippen molar-refractivity contribution in [1.29, 1.82) is 15.8 Å². The van der Waals surface area contributed by atoms with E-state index in [1.807, 2.05) is 6.07 Å². The summed E-state index contributed by atoms with van der Waals surface area (Å²) in [7, 11) is 0. The van der Waals surface area contributed by atoms with Gasteiger partial charge < -0.3 is 10.6 Å². The number of amides is 1. The van der Waals surface area contributed by atoms with Crippen LogP contribution < -0.4 is 5.73 Å². The summed E-state index contributed by atoms with van der Waals surface area (Å²) in [5.74, 6) is -0.249. The molecule has 1 rings (SSSR count). The molecule has 0 radical (unpaired) electrons. The first-order chi connectivity index (χ1) is 7.63. The second kappa shape index (κ2) is 4.93. The molecule has 1 unspecified atom stereocenters. The molecule has 16 heavy (non-hydrogen) atoms. The van der Waals surface area contributed by atoms with E-state index < -0.39 is 0 Å². The van der Waals surface area contributed by atoms with E-state index in [0.717, 1.165) is 0 Å². The van der Waals surface area contributed by atoms with Crippen LogP contribution >= 0.6 is 0 Å². The van der Waals surface area contributed by atoms with Crippen molar-refractivity contribution in [2.75, 3.05) is 6.54 Å². The van der Waals surface area contributed by atoms with Crippen molar-refractivity contribution in [3.05, 3.63) is 11.3 Å². The quantitative estimate of drug-likeness (QED) is 0.638. The lowest BCUT2D eigenvalue weighted by molar-refractivity contribution is -0.126. The van der Waals surface area contributed by atoms with Crippen molar-refractivity contribution >= 4 is 5.91 Å². The van der Waals surface area contributed by atoms with E-state index >= 15 is 0 Å². The lowest BCUT2D eigenvalue weighted by Crippen LogP contribution is -2.28. The molecule has 1 aliphatic rings. The summed E-state index contributed by atoms with van der Waals surface area (Å²) in [4.78, 5) is 12.8. The highest BCUT2D eigenvalue weighted by Gasteiger charge is 2.31. The van der Waals surface area contributed by atoms with Gasteiger partial charge in [-0.2, -0.15) is 15.8 Å². The smallest absolute Gasteiger partial charge is 0.228 e. The molecule has 1 fully saturated rings. The van der Waals surface area contributed by atoms with Gasteiger partial charge in [0.15, 0.2) is 0 Å². The van der Waals surface area contributed by atoms with E-state index in [4.69, 9.17) is 21.5 Å². The average molecular weight is 215 g/mol. The van der Waals surface area contributed by atoms with Gasteiger partial charge in [0.2, 0.25) is 5.91 Å². The van der Waals surface area contributed by atoms with E-state index in [0.29, 0.717) is 0 Å². The second-order valence-corrected chi connectivity index (χ2v) is 3.35. The number of nitriles is 3. The number of hydrogen-bond donors (Lipinski definition) is 1. The summed E-state index contributed by atoms with van der Waals surface area (Å²) in [5, 5.41) is 26.1. The molecule has 1 atom stereocenters. The summed E-state index contributed by atoms with van der Waals surface area (Å²) in [6, 6.07) is 4.89. The Hall–Kier alpha value is -2.36. The van der Waals surface area contributed by atoms with Gasteiger partial charge >= 0.3 is 0 Å². The van der Waals surface area contributed by atoms with Gasteiger partial charge in [0.25, 0.3) is 0 Å². The topological polar surface area (TPSA) is 118 Å². The second-order valence-electron chi connectivity index (χ2n) is 3.35. The molecular formula is C10H9N5O. The van der Waals surface area contributed by atoms with Crippen LogP contribution in [0.25, 0.3) is 0 Å². The van der Waals surface area contributed by atoms with Crippen molar-refractivity contribution in [3.63, 3.8) is 0 Å². The highest BCUT2D eigenvalue weighted by atomic mass is 16.2. The van der Waals surface area contributed by atoms with Crippen LogP contribution in [-0.4, -0.2) is 23.4 Å². The molecule has 0 bridgehead atoms. The molecule has 0 saturated carbocycles. The molecule has 0 aromatic rings. The Labute approximate surface area is 92.8 Å². The van der Waals surface area contributed by atoms with Crippen LogP contribution in [-0.2, 0) is 4.79 Å². The zero-order chi connectivity index (χ0) is 12.1. The van der Waals surface area contributed by atoms with E-state index in [-0.39, 0.29) is 42.6 Å². The third kappa shape index (κ3) is 2.17. The minimum atomic E-state index is -0.306. The zero-order valence-electron chi connectivity index (χ0n) is 8.47. The molecule has 0 aromatic carbocycles. The van der Waals surface area contributed by atoms with Gasteiger partial charge in [0, 0.05) is 19.0 Å². The zero-order valence-corrected chi connectivity index (χ0v) is 8.47. The van der Waals surface area contributed by atoms with Crippen LogP contribution in [0.5, 0.6) is 0 Å². The fourth-order valence-electron chi connectivity index (χ4n) is 1.54. The van der Waals surface area contributed by atoms with Gasteiger partial charge in [0.05, 0.1) is 18.2 Å². The van der Waals surface area contributed by atoms with Gasteiger partial charge in [0.1, 0.15) is 17.7 Å². The van der Waals surface area contributed by atoms with E-state index in [1.165, 1.54) is 4.90 Å². The van der Waals surface area contributed by atoms with Gasteiger partial charge in [-0.25, -0.2) is 0 Å². The first-order valence-corrected chi connectivity index (χ1v) is 4.60. The number of allylic oxidation sites excluding steroid dienone is 2. The Balaban J connectivity index is 3.12. The summed E-state index contributed by atoms with van der Waals surface area (Å²) in [6.07, 6.45) is 0.0357. The van der Waals surface area contributed by atoms with Crippen LogP contribution in [0.15, 0.2) is 11.3 Å². The van der Waals surface area contributed by atoms with Crippen molar-refractivity contribution < 1.29 is 4.79 Å². The van der Waals surface area contributed by atoms with E-state index in [9.17, 15) is 4.79 Å². The van der Waals surface area contributed by atoms with Crippen molar-refractivity contribution in [1.82, 2.24) is 4.90 Å². The fraction of sp³-hybridized carbons (Fsp3) is 0.400. The lowest BCUT2D eigenvalue weighted by Gasteiger charge is -2.17. The molecule has 0 spiro atoms. The summed E-state index contributed by atoms with van der Waals surface area (Å²) in [5.41, 5.74) is 5.55. The van der Waals surface area contributed by atoms with E-state index in [2.05, 4.69) is 0 Å². The molecule has 6 nitrogen and oxygen atoms in total. The van der Waals surface area contributed by atoms with Crippen molar-refractivity contribution in [3.8, 4) is 18.2 Å². The summed E-state index contributed by atoms with van der Waals surface area (Å²) in [6.45, 7) is 0.253. The monoisotopic (exact) mass is 215 g/mol. The number of rotatable bonds is 2.